The average Bonchev–Trinajstić information content (AvgIpc) is 3.33. The van der Waals surface area contributed by atoms with E-state index in [-0.39, 0.29) is 23.9 Å². The highest BCUT2D eigenvalue weighted by Gasteiger charge is 2.53. The second kappa shape index (κ2) is 7.21. The molecule has 146 valence electrons. The first-order chi connectivity index (χ1) is 12.8. The lowest BCUT2D eigenvalue weighted by Crippen LogP contribution is -2.50. The summed E-state index contributed by atoms with van der Waals surface area (Å²) in [5, 5.41) is 11.3. The molecule has 1 saturated heterocycles. The van der Waals surface area contributed by atoms with E-state index in [2.05, 4.69) is 19.2 Å². The molecule has 7 heteroatoms. The van der Waals surface area contributed by atoms with Crippen molar-refractivity contribution in [2.75, 3.05) is 11.4 Å². The molecule has 1 aliphatic carbocycles. The quantitative estimate of drug-likeness (QED) is 0.830. The molecular formula is C20H27N3O4. The number of anilines is 1. The molecule has 1 saturated carbocycles. The van der Waals surface area contributed by atoms with Crippen LogP contribution >= 0.6 is 0 Å². The van der Waals surface area contributed by atoms with Crippen LogP contribution in [0.3, 0.4) is 0 Å². The van der Waals surface area contributed by atoms with Crippen molar-refractivity contribution in [1.29, 1.82) is 0 Å². The Balaban J connectivity index is 1.76. The van der Waals surface area contributed by atoms with E-state index in [0.717, 1.165) is 12.8 Å². The summed E-state index contributed by atoms with van der Waals surface area (Å²) < 4.78 is 0. The molecule has 3 amide bonds. The Morgan fingerprint density at radius 2 is 1.70 bits per heavy atom. The largest absolute Gasteiger partial charge is 0.465 e. The van der Waals surface area contributed by atoms with Crippen molar-refractivity contribution in [1.82, 2.24) is 10.2 Å². The molecular weight excluding hydrogens is 346 g/mol. The molecule has 0 bridgehead atoms. The summed E-state index contributed by atoms with van der Waals surface area (Å²) in [5.41, 5.74) is 0.268. The summed E-state index contributed by atoms with van der Waals surface area (Å²) >= 11 is 0. The summed E-state index contributed by atoms with van der Waals surface area (Å²) in [6.45, 7) is 6.41. The van der Waals surface area contributed by atoms with Crippen molar-refractivity contribution in [3.8, 4) is 0 Å². The van der Waals surface area contributed by atoms with Crippen LogP contribution in [0.1, 0.15) is 56.8 Å². The number of nitrogens with one attached hydrogen (secondary N) is 1. The number of carbonyl (C=O) groups is 3. The number of hydrogen-bond donors (Lipinski definition) is 2. The number of rotatable bonds is 5. The number of nitrogens with zero attached hydrogens (tertiary/aromatic N) is 2. The predicted octanol–water partition coefficient (Wildman–Crippen LogP) is 2.85. The topological polar surface area (TPSA) is 90.0 Å². The van der Waals surface area contributed by atoms with E-state index in [0.29, 0.717) is 30.6 Å². The number of likely N-dealkylation sites (tertiary alicyclic amines) is 1. The van der Waals surface area contributed by atoms with Crippen molar-refractivity contribution >= 4 is 23.6 Å². The minimum absolute atomic E-state index is 0.0135. The molecule has 2 atom stereocenters. The molecule has 1 aromatic rings. The van der Waals surface area contributed by atoms with E-state index in [4.69, 9.17) is 5.11 Å². The third kappa shape index (κ3) is 3.63. The first kappa shape index (κ1) is 19.2. The summed E-state index contributed by atoms with van der Waals surface area (Å²) in [6, 6.07) is 7.48. The highest BCUT2D eigenvalue weighted by Crippen LogP contribution is 2.38. The number of likely N-dealkylation sites (N-methyl/N-ethyl adjacent to an activating group) is 1. The van der Waals surface area contributed by atoms with Crippen molar-refractivity contribution in [2.45, 2.75) is 64.1 Å². The standard InChI is InChI=1S/C20H27N3O4/c1-4-22(18(25)20(11-12-20)21-19(26)27)16-9-7-15(8-10-16)17(24)23-13(2)5-6-14(23)3/h7-10,13-14,21H,4-6,11-12H2,1-3H3,(H,26,27)/t13-,14+. The second-order valence-electron chi connectivity index (χ2n) is 7.60. The molecule has 2 fully saturated rings. The summed E-state index contributed by atoms with van der Waals surface area (Å²) in [6.07, 6.45) is 1.86. The maximum absolute atomic E-state index is 12.8. The predicted molar refractivity (Wildman–Crippen MR) is 102 cm³/mol. The lowest BCUT2D eigenvalue weighted by Gasteiger charge is -2.28. The van der Waals surface area contributed by atoms with E-state index in [1.54, 1.807) is 29.2 Å². The Morgan fingerprint density at radius 1 is 1.15 bits per heavy atom. The van der Waals surface area contributed by atoms with Gasteiger partial charge in [-0.2, -0.15) is 0 Å². The Bertz CT molecular complexity index is 732. The molecule has 7 nitrogen and oxygen atoms in total. The number of benzene rings is 1. The van der Waals surface area contributed by atoms with Crippen molar-refractivity contribution in [2.24, 2.45) is 0 Å². The van der Waals surface area contributed by atoms with Crippen LogP contribution in [0, 0.1) is 0 Å². The summed E-state index contributed by atoms with van der Waals surface area (Å²) in [5.74, 6) is -0.229. The van der Waals surface area contributed by atoms with Crippen molar-refractivity contribution in [3.05, 3.63) is 29.8 Å². The van der Waals surface area contributed by atoms with Crippen LogP contribution in [-0.4, -0.2) is 52.1 Å². The Hall–Kier alpha value is -2.57. The molecule has 3 rings (SSSR count). The van der Waals surface area contributed by atoms with Gasteiger partial charge in [-0.05, 0) is 70.7 Å². The van der Waals surface area contributed by atoms with Gasteiger partial charge in [-0.25, -0.2) is 4.79 Å². The highest BCUT2D eigenvalue weighted by atomic mass is 16.4. The van der Waals surface area contributed by atoms with Gasteiger partial charge in [0.15, 0.2) is 0 Å². The van der Waals surface area contributed by atoms with Gasteiger partial charge in [0, 0.05) is 29.9 Å². The first-order valence-corrected chi connectivity index (χ1v) is 9.55. The van der Waals surface area contributed by atoms with Crippen LogP contribution < -0.4 is 10.2 Å². The van der Waals surface area contributed by atoms with Crippen LogP contribution in [0.15, 0.2) is 24.3 Å². The number of amides is 3. The lowest BCUT2D eigenvalue weighted by molar-refractivity contribution is -0.121. The maximum atomic E-state index is 12.8. The fourth-order valence-corrected chi connectivity index (χ4v) is 3.95. The third-order valence-electron chi connectivity index (χ3n) is 5.68. The zero-order chi connectivity index (χ0) is 19.8. The fourth-order valence-electron chi connectivity index (χ4n) is 3.95. The van der Waals surface area contributed by atoms with E-state index >= 15 is 0 Å². The van der Waals surface area contributed by atoms with Gasteiger partial charge in [0.05, 0.1) is 0 Å². The summed E-state index contributed by atoms with van der Waals surface area (Å²) in [7, 11) is 0. The molecule has 0 radical (unpaired) electrons. The Labute approximate surface area is 159 Å². The van der Waals surface area contributed by atoms with Gasteiger partial charge in [0.1, 0.15) is 5.54 Å². The van der Waals surface area contributed by atoms with Gasteiger partial charge in [0.25, 0.3) is 11.8 Å². The monoisotopic (exact) mass is 373 g/mol. The molecule has 2 N–H and O–H groups in total. The van der Waals surface area contributed by atoms with Gasteiger partial charge < -0.3 is 20.2 Å². The van der Waals surface area contributed by atoms with Crippen LogP contribution in [-0.2, 0) is 4.79 Å². The minimum atomic E-state index is -1.19. The Morgan fingerprint density at radius 3 is 2.15 bits per heavy atom. The normalized spacial score (nSPS) is 23.0. The molecule has 0 aromatic heterocycles. The van der Waals surface area contributed by atoms with Gasteiger partial charge in [0.2, 0.25) is 0 Å². The van der Waals surface area contributed by atoms with Gasteiger partial charge in [-0.1, -0.05) is 0 Å². The minimum Gasteiger partial charge on any atom is -0.465 e. The smallest absolute Gasteiger partial charge is 0.405 e. The molecule has 2 aliphatic rings. The van der Waals surface area contributed by atoms with E-state index in [1.807, 2.05) is 11.8 Å². The van der Waals surface area contributed by atoms with Crippen LogP contribution in [0.2, 0.25) is 0 Å². The molecule has 0 unspecified atom stereocenters. The van der Waals surface area contributed by atoms with E-state index in [1.165, 1.54) is 0 Å². The zero-order valence-electron chi connectivity index (χ0n) is 16.1. The van der Waals surface area contributed by atoms with Crippen molar-refractivity contribution < 1.29 is 19.5 Å². The SMILES string of the molecule is CCN(C(=O)C1(NC(=O)O)CC1)c1ccc(C(=O)N2[C@H](C)CC[C@@H]2C)cc1. The summed E-state index contributed by atoms with van der Waals surface area (Å²) in [4.78, 5) is 40.1. The molecule has 1 aromatic carbocycles. The molecule has 27 heavy (non-hydrogen) atoms. The number of carbonyl (C=O) groups excluding carboxylic acids is 2. The fraction of sp³-hybridized carbons (Fsp3) is 0.550. The van der Waals surface area contributed by atoms with E-state index < -0.39 is 11.6 Å². The molecule has 0 spiro atoms. The Kier molecular flexibility index (Phi) is 5.13. The van der Waals surface area contributed by atoms with Crippen LogP contribution in [0.4, 0.5) is 10.5 Å². The molecule has 1 heterocycles. The van der Waals surface area contributed by atoms with Gasteiger partial charge in [-0.3, -0.25) is 9.59 Å². The van der Waals surface area contributed by atoms with Gasteiger partial charge in [-0.15, -0.1) is 0 Å². The zero-order valence-corrected chi connectivity index (χ0v) is 16.1. The lowest BCUT2D eigenvalue weighted by atomic mass is 10.1. The molecule has 1 aliphatic heterocycles. The van der Waals surface area contributed by atoms with Crippen LogP contribution in [0.5, 0.6) is 0 Å². The number of carboxylic acid groups (broad SMARTS) is 1. The van der Waals surface area contributed by atoms with Crippen molar-refractivity contribution in [3.63, 3.8) is 0 Å². The van der Waals surface area contributed by atoms with Crippen LogP contribution in [0.25, 0.3) is 0 Å². The van der Waals surface area contributed by atoms with Gasteiger partial charge >= 0.3 is 6.09 Å². The third-order valence-corrected chi connectivity index (χ3v) is 5.68. The second-order valence-corrected chi connectivity index (χ2v) is 7.60. The van der Waals surface area contributed by atoms with E-state index in [9.17, 15) is 14.4 Å². The average molecular weight is 373 g/mol. The number of hydrogen-bond acceptors (Lipinski definition) is 3. The first-order valence-electron chi connectivity index (χ1n) is 9.55. The highest BCUT2D eigenvalue weighted by molar-refractivity contribution is 6.04. The maximum Gasteiger partial charge on any atom is 0.405 e.